The van der Waals surface area contributed by atoms with Crippen LogP contribution in [0.4, 0.5) is 0 Å². The van der Waals surface area contributed by atoms with Crippen LogP contribution in [0.2, 0.25) is 0 Å². The number of carbonyl (C=O) groups is 1. The van der Waals surface area contributed by atoms with E-state index in [2.05, 4.69) is 31.2 Å². The lowest BCUT2D eigenvalue weighted by Gasteiger charge is -2.04. The van der Waals surface area contributed by atoms with Crippen molar-refractivity contribution < 1.29 is 4.79 Å². The largest absolute Gasteiger partial charge is 0.293 e. The summed E-state index contributed by atoms with van der Waals surface area (Å²) in [5.41, 5.74) is 4.31. The number of Topliss-reactive ketones (excluding diaryl/α,β-unsaturated/α-hetero) is 1. The van der Waals surface area contributed by atoms with Crippen LogP contribution in [0.15, 0.2) is 70.3 Å². The zero-order chi connectivity index (χ0) is 18.8. The maximum absolute atomic E-state index is 12.4. The third kappa shape index (κ3) is 3.94. The fourth-order valence-electron chi connectivity index (χ4n) is 2.59. The lowest BCUT2D eigenvalue weighted by Crippen LogP contribution is -2.04. The topological polar surface area (TPSA) is 60.2 Å². The van der Waals surface area contributed by atoms with Crippen molar-refractivity contribution in [1.29, 1.82) is 0 Å². The van der Waals surface area contributed by atoms with Gasteiger partial charge in [0, 0.05) is 15.6 Å². The summed E-state index contributed by atoms with van der Waals surface area (Å²) in [6.07, 6.45) is 0. The Morgan fingerprint density at radius 3 is 2.48 bits per heavy atom. The fourth-order valence-corrected chi connectivity index (χ4v) is 3.63. The number of nitrogens with zero attached hydrogens (tertiary/aromatic N) is 4. The molecule has 4 rings (SSSR count). The van der Waals surface area contributed by atoms with Crippen LogP contribution in [0.25, 0.3) is 16.9 Å². The van der Waals surface area contributed by atoms with Gasteiger partial charge >= 0.3 is 0 Å². The smallest absolute Gasteiger partial charge is 0.212 e. The maximum Gasteiger partial charge on any atom is 0.212 e. The molecule has 0 radical (unpaired) electrons. The van der Waals surface area contributed by atoms with Crippen LogP contribution < -0.4 is 0 Å². The summed E-state index contributed by atoms with van der Waals surface area (Å²) < 4.78 is 2.70. The van der Waals surface area contributed by atoms with Crippen molar-refractivity contribution in [1.82, 2.24) is 19.8 Å². The normalized spacial score (nSPS) is 11.0. The molecule has 0 amide bonds. The highest BCUT2D eigenvalue weighted by Gasteiger charge is 2.13. The van der Waals surface area contributed by atoms with Gasteiger partial charge in [-0.25, -0.2) is 0 Å². The Morgan fingerprint density at radius 2 is 1.74 bits per heavy atom. The van der Waals surface area contributed by atoms with Gasteiger partial charge < -0.3 is 0 Å². The molecule has 27 heavy (non-hydrogen) atoms. The third-order valence-corrected chi connectivity index (χ3v) is 5.53. The van der Waals surface area contributed by atoms with Gasteiger partial charge in [0.05, 0.1) is 11.4 Å². The minimum atomic E-state index is 0.0563. The maximum atomic E-state index is 12.4. The third-order valence-electron chi connectivity index (χ3n) is 4.08. The van der Waals surface area contributed by atoms with Crippen LogP contribution in [-0.4, -0.2) is 31.3 Å². The second-order valence-corrected chi connectivity index (χ2v) is 7.91. The van der Waals surface area contributed by atoms with Crippen molar-refractivity contribution >= 4 is 39.1 Å². The van der Waals surface area contributed by atoms with Gasteiger partial charge in [-0.3, -0.25) is 4.79 Å². The van der Waals surface area contributed by atoms with Gasteiger partial charge in [0.25, 0.3) is 0 Å². The van der Waals surface area contributed by atoms with Crippen molar-refractivity contribution in [2.75, 3.05) is 5.75 Å². The van der Waals surface area contributed by atoms with E-state index in [0.29, 0.717) is 16.4 Å². The van der Waals surface area contributed by atoms with E-state index in [0.717, 1.165) is 21.3 Å². The molecule has 0 unspecified atom stereocenters. The molecule has 5 nitrogen and oxygen atoms in total. The summed E-state index contributed by atoms with van der Waals surface area (Å²) in [5, 5.41) is 13.6. The van der Waals surface area contributed by atoms with Crippen LogP contribution in [0.5, 0.6) is 0 Å². The fraction of sp³-hybridized carbons (Fsp3) is 0.100. The van der Waals surface area contributed by atoms with Crippen molar-refractivity contribution in [3.63, 3.8) is 0 Å². The van der Waals surface area contributed by atoms with Crippen molar-refractivity contribution in [2.45, 2.75) is 12.1 Å². The number of hydrogen-bond acceptors (Lipinski definition) is 5. The summed E-state index contributed by atoms with van der Waals surface area (Å²) in [6, 6.07) is 19.3. The Kier molecular flexibility index (Phi) is 5.05. The molecule has 2 aromatic carbocycles. The summed E-state index contributed by atoms with van der Waals surface area (Å²) in [6.45, 7) is 2.00. The lowest BCUT2D eigenvalue weighted by atomic mass is 10.1. The number of thioether (sulfide) groups is 1. The van der Waals surface area contributed by atoms with E-state index in [1.807, 2.05) is 67.6 Å². The van der Waals surface area contributed by atoms with Crippen molar-refractivity contribution in [3.8, 4) is 11.3 Å². The number of carbonyl (C=O) groups excluding carboxylic acids is 1. The molecule has 0 spiro atoms. The van der Waals surface area contributed by atoms with Crippen LogP contribution in [0.1, 0.15) is 15.9 Å². The Bertz CT molecular complexity index is 1110. The number of aromatic nitrogens is 4. The zero-order valence-corrected chi connectivity index (χ0v) is 16.9. The van der Waals surface area contributed by atoms with Crippen LogP contribution in [0.3, 0.4) is 0 Å². The molecule has 0 saturated heterocycles. The average molecular weight is 439 g/mol. The summed E-state index contributed by atoms with van der Waals surface area (Å²) in [7, 11) is 0. The molecule has 134 valence electrons. The zero-order valence-electron chi connectivity index (χ0n) is 14.5. The number of hydrogen-bond donors (Lipinski definition) is 0. The number of halogens is 1. The molecule has 0 aliphatic rings. The Balaban J connectivity index is 1.56. The second-order valence-electron chi connectivity index (χ2n) is 6.06. The highest BCUT2D eigenvalue weighted by Crippen LogP contribution is 2.23. The summed E-state index contributed by atoms with van der Waals surface area (Å²) in [4.78, 5) is 12.4. The van der Waals surface area contributed by atoms with Gasteiger partial charge in [0.2, 0.25) is 5.16 Å². The Hall–Kier alpha value is -2.51. The second kappa shape index (κ2) is 7.62. The minimum Gasteiger partial charge on any atom is -0.293 e. The van der Waals surface area contributed by atoms with Crippen LogP contribution >= 0.6 is 27.7 Å². The van der Waals surface area contributed by atoms with Gasteiger partial charge in [0.15, 0.2) is 11.4 Å². The number of ketones is 1. The van der Waals surface area contributed by atoms with E-state index in [1.165, 1.54) is 11.8 Å². The molecule has 0 bridgehead atoms. The first kappa shape index (κ1) is 17.9. The molecular weight excluding hydrogens is 424 g/mol. The minimum absolute atomic E-state index is 0.0563. The molecule has 2 heterocycles. The number of aryl methyl sites for hydroxylation is 1. The number of benzene rings is 2. The van der Waals surface area contributed by atoms with Crippen molar-refractivity contribution in [2.24, 2.45) is 0 Å². The Morgan fingerprint density at radius 1 is 1.00 bits per heavy atom. The predicted octanol–water partition coefficient (Wildman–Crippen LogP) is 4.84. The van der Waals surface area contributed by atoms with Gasteiger partial charge in [-0.15, -0.1) is 10.2 Å². The van der Waals surface area contributed by atoms with Gasteiger partial charge in [-0.2, -0.15) is 9.61 Å². The van der Waals surface area contributed by atoms with Crippen LogP contribution in [-0.2, 0) is 0 Å². The van der Waals surface area contributed by atoms with E-state index in [4.69, 9.17) is 0 Å². The van der Waals surface area contributed by atoms with E-state index in [9.17, 15) is 4.79 Å². The van der Waals surface area contributed by atoms with E-state index in [-0.39, 0.29) is 11.5 Å². The Labute approximate surface area is 169 Å². The predicted molar refractivity (Wildman–Crippen MR) is 110 cm³/mol. The summed E-state index contributed by atoms with van der Waals surface area (Å²) >= 11 is 4.78. The molecule has 0 fully saturated rings. The van der Waals surface area contributed by atoms with Gasteiger partial charge in [0.1, 0.15) is 0 Å². The molecule has 2 aromatic heterocycles. The molecule has 0 atom stereocenters. The van der Waals surface area contributed by atoms with E-state index >= 15 is 0 Å². The first-order valence-electron chi connectivity index (χ1n) is 8.31. The molecule has 7 heteroatoms. The standard InChI is InChI=1S/C20H15BrN4OS/c1-13-2-4-15(5-3-13)18(26)12-27-20-23-22-19-11-10-17(24-25(19)20)14-6-8-16(21)9-7-14/h2-11H,12H2,1H3. The monoisotopic (exact) mass is 438 g/mol. The van der Waals surface area contributed by atoms with E-state index in [1.54, 1.807) is 4.52 Å². The average Bonchev–Trinajstić information content (AvgIpc) is 3.09. The van der Waals surface area contributed by atoms with Gasteiger partial charge in [-0.1, -0.05) is 69.7 Å². The van der Waals surface area contributed by atoms with Crippen molar-refractivity contribution in [3.05, 3.63) is 76.3 Å². The first-order valence-corrected chi connectivity index (χ1v) is 10.1. The summed E-state index contributed by atoms with van der Waals surface area (Å²) in [5.74, 6) is 0.342. The first-order chi connectivity index (χ1) is 13.1. The SMILES string of the molecule is Cc1ccc(C(=O)CSc2nnc3ccc(-c4ccc(Br)cc4)nn23)cc1. The molecular formula is C20H15BrN4OS. The van der Waals surface area contributed by atoms with E-state index < -0.39 is 0 Å². The molecule has 0 aliphatic heterocycles. The lowest BCUT2D eigenvalue weighted by molar-refractivity contribution is 0.102. The molecule has 0 saturated carbocycles. The number of fused-ring (bicyclic) bond motifs is 1. The van der Waals surface area contributed by atoms with Gasteiger partial charge in [-0.05, 0) is 31.2 Å². The molecule has 0 aliphatic carbocycles. The molecule has 0 N–H and O–H groups in total. The highest BCUT2D eigenvalue weighted by atomic mass is 79.9. The number of rotatable bonds is 5. The molecule has 4 aromatic rings. The van der Waals surface area contributed by atoms with Crippen LogP contribution in [0, 0.1) is 6.92 Å². The highest BCUT2D eigenvalue weighted by molar-refractivity contribution is 9.10. The quantitative estimate of drug-likeness (QED) is 0.329.